The number of hydrogen-bond acceptors (Lipinski definition) is 2. The maximum absolute atomic E-state index is 13.0. The average molecular weight is 377 g/mol. The van der Waals surface area contributed by atoms with Crippen molar-refractivity contribution in [2.75, 3.05) is 14.1 Å². The van der Waals surface area contributed by atoms with Crippen LogP contribution in [0.25, 0.3) is 22.0 Å². The predicted molar refractivity (Wildman–Crippen MR) is 113 cm³/mol. The molecule has 0 radical (unpaired) electrons. The second-order valence-corrected chi connectivity index (χ2v) is 8.05. The highest BCUT2D eigenvalue weighted by atomic mass is 16.2. The van der Waals surface area contributed by atoms with Gasteiger partial charge in [-0.15, -0.1) is 0 Å². The molecule has 0 aliphatic heterocycles. The molecule has 0 spiro atoms. The molecule has 0 saturated heterocycles. The van der Waals surface area contributed by atoms with Crippen LogP contribution in [0.15, 0.2) is 47.5 Å². The van der Waals surface area contributed by atoms with E-state index in [1.54, 1.807) is 19.0 Å². The van der Waals surface area contributed by atoms with E-state index in [9.17, 15) is 9.59 Å². The molecule has 1 aromatic carbocycles. The van der Waals surface area contributed by atoms with Crippen LogP contribution in [0.4, 0.5) is 0 Å². The maximum atomic E-state index is 13.0. The van der Waals surface area contributed by atoms with Gasteiger partial charge in [-0.2, -0.15) is 0 Å². The Kier molecular flexibility index (Phi) is 5.07. The summed E-state index contributed by atoms with van der Waals surface area (Å²) in [6.45, 7) is 0.761. The van der Waals surface area contributed by atoms with Gasteiger partial charge in [-0.3, -0.25) is 9.59 Å². The third-order valence-electron chi connectivity index (χ3n) is 5.80. The van der Waals surface area contributed by atoms with Crippen LogP contribution < -0.4 is 5.56 Å². The number of fused-ring (bicyclic) bond motifs is 1. The van der Waals surface area contributed by atoms with Crippen molar-refractivity contribution in [1.82, 2.24) is 14.5 Å². The minimum Gasteiger partial charge on any atom is -0.357 e. The molecule has 0 atom stereocenters. The molecule has 4 rings (SSSR count). The fraction of sp³-hybridized carbons (Fsp3) is 0.391. The number of pyridine rings is 1. The van der Waals surface area contributed by atoms with Crippen LogP contribution in [-0.4, -0.2) is 34.5 Å². The van der Waals surface area contributed by atoms with Gasteiger partial charge in [-0.25, -0.2) is 0 Å². The summed E-state index contributed by atoms with van der Waals surface area (Å²) >= 11 is 0. The highest BCUT2D eigenvalue weighted by Gasteiger charge is 2.18. The lowest BCUT2D eigenvalue weighted by atomic mass is 9.89. The fourth-order valence-electron chi connectivity index (χ4n) is 4.29. The number of aromatic amines is 1. The van der Waals surface area contributed by atoms with Crippen LogP contribution in [0.5, 0.6) is 0 Å². The lowest BCUT2D eigenvalue weighted by Crippen LogP contribution is -2.25. The van der Waals surface area contributed by atoms with Gasteiger partial charge in [0.05, 0.1) is 0 Å². The van der Waals surface area contributed by atoms with Crippen LogP contribution in [0.3, 0.4) is 0 Å². The third kappa shape index (κ3) is 3.49. The predicted octanol–water partition coefficient (Wildman–Crippen LogP) is 4.28. The number of hydrogen-bond donors (Lipinski definition) is 1. The second-order valence-electron chi connectivity index (χ2n) is 8.05. The van der Waals surface area contributed by atoms with Gasteiger partial charge in [0, 0.05) is 49.5 Å². The van der Waals surface area contributed by atoms with Gasteiger partial charge in [0.2, 0.25) is 0 Å². The number of nitrogens with zero attached hydrogens (tertiary/aromatic N) is 2. The fourth-order valence-corrected chi connectivity index (χ4v) is 4.29. The number of benzene rings is 1. The number of carbonyl (C=O) groups excluding carboxylic acids is 1. The van der Waals surface area contributed by atoms with E-state index >= 15 is 0 Å². The Bertz CT molecular complexity index is 1060. The van der Waals surface area contributed by atoms with E-state index < -0.39 is 0 Å². The van der Waals surface area contributed by atoms with E-state index in [2.05, 4.69) is 4.98 Å². The van der Waals surface area contributed by atoms with E-state index in [4.69, 9.17) is 0 Å². The first-order chi connectivity index (χ1) is 13.5. The molecular formula is C23H27N3O2. The molecule has 1 saturated carbocycles. The molecule has 5 nitrogen and oxygen atoms in total. The summed E-state index contributed by atoms with van der Waals surface area (Å²) in [5.74, 6) is 0.538. The van der Waals surface area contributed by atoms with Gasteiger partial charge < -0.3 is 14.5 Å². The third-order valence-corrected chi connectivity index (χ3v) is 5.80. The summed E-state index contributed by atoms with van der Waals surface area (Å²) < 4.78 is 1.87. The molecule has 1 N–H and O–H groups in total. The van der Waals surface area contributed by atoms with Gasteiger partial charge in [0.25, 0.3) is 11.5 Å². The SMILES string of the molecule is CN(C)C(=O)c1cccc(-c2cn(CC3CCCCC3)c(=O)c3[nH]ccc23)c1. The molecule has 1 amide bonds. The Labute approximate surface area is 165 Å². The van der Waals surface area contributed by atoms with Gasteiger partial charge in [-0.05, 0) is 42.5 Å². The first-order valence-corrected chi connectivity index (χ1v) is 10.1. The van der Waals surface area contributed by atoms with Gasteiger partial charge in [0.1, 0.15) is 5.52 Å². The van der Waals surface area contributed by atoms with E-state index in [0.717, 1.165) is 23.1 Å². The Hall–Kier alpha value is -2.82. The van der Waals surface area contributed by atoms with Gasteiger partial charge in [0.15, 0.2) is 0 Å². The van der Waals surface area contributed by atoms with Crippen molar-refractivity contribution in [2.24, 2.45) is 5.92 Å². The average Bonchev–Trinajstić information content (AvgIpc) is 3.20. The largest absolute Gasteiger partial charge is 0.357 e. The summed E-state index contributed by atoms with van der Waals surface area (Å²) in [5, 5.41) is 0.902. The Morgan fingerprint density at radius 2 is 1.96 bits per heavy atom. The van der Waals surface area contributed by atoms with E-state index in [1.807, 2.05) is 47.3 Å². The maximum Gasteiger partial charge on any atom is 0.274 e. The van der Waals surface area contributed by atoms with Crippen molar-refractivity contribution in [3.63, 3.8) is 0 Å². The topological polar surface area (TPSA) is 58.1 Å². The summed E-state index contributed by atoms with van der Waals surface area (Å²) in [6, 6.07) is 9.60. The van der Waals surface area contributed by atoms with Crippen LogP contribution >= 0.6 is 0 Å². The van der Waals surface area contributed by atoms with Crippen molar-refractivity contribution < 1.29 is 4.79 Å². The zero-order valence-corrected chi connectivity index (χ0v) is 16.6. The second kappa shape index (κ2) is 7.66. The highest BCUT2D eigenvalue weighted by Crippen LogP contribution is 2.29. The molecule has 0 bridgehead atoms. The Balaban J connectivity index is 1.79. The van der Waals surface area contributed by atoms with Gasteiger partial charge in [-0.1, -0.05) is 31.4 Å². The van der Waals surface area contributed by atoms with Crippen LogP contribution in [0.1, 0.15) is 42.5 Å². The number of H-pyrrole nitrogens is 1. The van der Waals surface area contributed by atoms with Crippen LogP contribution in [-0.2, 0) is 6.54 Å². The minimum atomic E-state index is -0.0253. The molecule has 2 heterocycles. The Morgan fingerprint density at radius 1 is 1.18 bits per heavy atom. The highest BCUT2D eigenvalue weighted by molar-refractivity contribution is 5.98. The summed E-state index contributed by atoms with van der Waals surface area (Å²) in [4.78, 5) is 30.1. The molecular weight excluding hydrogens is 350 g/mol. The number of aromatic nitrogens is 2. The number of rotatable bonds is 4. The summed E-state index contributed by atoms with van der Waals surface area (Å²) in [6.07, 6.45) is 9.99. The molecule has 1 aliphatic carbocycles. The lowest BCUT2D eigenvalue weighted by molar-refractivity contribution is 0.0827. The lowest BCUT2D eigenvalue weighted by Gasteiger charge is -2.23. The van der Waals surface area contributed by atoms with Crippen molar-refractivity contribution in [3.05, 3.63) is 58.6 Å². The Morgan fingerprint density at radius 3 is 2.71 bits per heavy atom. The molecule has 0 unspecified atom stereocenters. The first-order valence-electron chi connectivity index (χ1n) is 10.1. The number of amides is 1. The summed E-state index contributed by atoms with van der Waals surface area (Å²) in [5.41, 5.74) is 3.26. The molecule has 3 aromatic rings. The van der Waals surface area contributed by atoms with E-state index in [-0.39, 0.29) is 11.5 Å². The molecule has 146 valence electrons. The van der Waals surface area contributed by atoms with Crippen molar-refractivity contribution >= 4 is 16.8 Å². The van der Waals surface area contributed by atoms with E-state index in [0.29, 0.717) is 17.0 Å². The quantitative estimate of drug-likeness (QED) is 0.738. The molecule has 28 heavy (non-hydrogen) atoms. The molecule has 1 fully saturated rings. The minimum absolute atomic E-state index is 0.0253. The first kappa shape index (κ1) is 18.5. The standard InChI is InChI=1S/C23H27N3O2/c1-25(2)22(27)18-10-6-9-17(13-18)20-15-26(14-16-7-4-3-5-8-16)23(28)21-19(20)11-12-24-21/h6,9-13,15-16,24H,3-5,7-8,14H2,1-2H3. The summed E-state index contributed by atoms with van der Waals surface area (Å²) in [7, 11) is 3.51. The van der Waals surface area contributed by atoms with Crippen molar-refractivity contribution in [3.8, 4) is 11.1 Å². The monoisotopic (exact) mass is 377 g/mol. The molecule has 1 aliphatic rings. The van der Waals surface area contributed by atoms with Crippen LogP contribution in [0, 0.1) is 5.92 Å². The molecule has 5 heteroatoms. The van der Waals surface area contributed by atoms with E-state index in [1.165, 1.54) is 32.1 Å². The zero-order valence-electron chi connectivity index (χ0n) is 16.6. The van der Waals surface area contributed by atoms with Gasteiger partial charge >= 0.3 is 0 Å². The van der Waals surface area contributed by atoms with Crippen molar-refractivity contribution in [2.45, 2.75) is 38.6 Å². The van der Waals surface area contributed by atoms with Crippen molar-refractivity contribution in [1.29, 1.82) is 0 Å². The number of nitrogens with one attached hydrogen (secondary N) is 1. The number of carbonyl (C=O) groups is 1. The molecule has 2 aromatic heterocycles. The normalized spacial score (nSPS) is 15.1. The zero-order chi connectivity index (χ0) is 19.7. The smallest absolute Gasteiger partial charge is 0.274 e. The van der Waals surface area contributed by atoms with Crippen LogP contribution in [0.2, 0.25) is 0 Å².